The van der Waals surface area contributed by atoms with E-state index < -0.39 is 0 Å². The monoisotopic (exact) mass is 315 g/mol. The average molecular weight is 315 g/mol. The van der Waals surface area contributed by atoms with E-state index in [0.717, 1.165) is 27.6 Å². The lowest BCUT2D eigenvalue weighted by Crippen LogP contribution is -2.03. The first-order valence-electron chi connectivity index (χ1n) is 8.16. The van der Waals surface area contributed by atoms with Crippen molar-refractivity contribution in [1.29, 1.82) is 0 Å². The Bertz CT molecular complexity index is 877. The summed E-state index contributed by atoms with van der Waals surface area (Å²) in [6, 6.07) is 28.0. The van der Waals surface area contributed by atoms with E-state index >= 15 is 4.39 Å². The first-order valence-corrected chi connectivity index (χ1v) is 8.16. The predicted molar refractivity (Wildman–Crippen MR) is 96.7 cm³/mol. The number of benzene rings is 3. The van der Waals surface area contributed by atoms with Gasteiger partial charge in [-0.2, -0.15) is 4.39 Å². The second kappa shape index (κ2) is 6.32. The minimum Gasteiger partial charge on any atom is -0.313 e. The van der Waals surface area contributed by atoms with Crippen molar-refractivity contribution in [3.63, 3.8) is 0 Å². The maximum atomic E-state index is 15.2. The quantitative estimate of drug-likeness (QED) is 0.474. The second-order valence-electron chi connectivity index (χ2n) is 6.02. The second-order valence-corrected chi connectivity index (χ2v) is 6.02. The van der Waals surface area contributed by atoms with Crippen LogP contribution in [0.15, 0.2) is 84.9 Å². The molecule has 4 aromatic rings. The predicted octanol–water partition coefficient (Wildman–Crippen LogP) is 5.42. The van der Waals surface area contributed by atoms with E-state index in [1.165, 1.54) is 0 Å². The van der Waals surface area contributed by atoms with Crippen LogP contribution in [0.2, 0.25) is 0 Å². The van der Waals surface area contributed by atoms with Crippen LogP contribution in [0, 0.1) is 5.95 Å². The number of fused-ring (bicyclic) bond motifs is 1. The van der Waals surface area contributed by atoms with Gasteiger partial charge in [0.25, 0.3) is 0 Å². The molecule has 24 heavy (non-hydrogen) atoms. The van der Waals surface area contributed by atoms with Gasteiger partial charge in [-0.1, -0.05) is 78.9 Å². The Morgan fingerprint density at radius 1 is 0.667 bits per heavy atom. The molecule has 0 radical (unpaired) electrons. The third-order valence-corrected chi connectivity index (χ3v) is 4.41. The van der Waals surface area contributed by atoms with E-state index in [-0.39, 0.29) is 5.95 Å². The zero-order valence-corrected chi connectivity index (χ0v) is 13.3. The number of aromatic nitrogens is 1. The first-order chi connectivity index (χ1) is 11.8. The van der Waals surface area contributed by atoms with Crippen LogP contribution in [0.3, 0.4) is 0 Å². The van der Waals surface area contributed by atoms with Crippen molar-refractivity contribution >= 4 is 10.9 Å². The molecular weight excluding hydrogens is 297 g/mol. The molecule has 0 N–H and O–H groups in total. The third-order valence-electron chi connectivity index (χ3n) is 4.41. The maximum Gasteiger partial charge on any atom is 0.198 e. The molecule has 2 heteroatoms. The van der Waals surface area contributed by atoms with Crippen LogP contribution in [0.25, 0.3) is 10.9 Å². The highest BCUT2D eigenvalue weighted by Gasteiger charge is 2.17. The molecule has 1 aromatic heterocycles. The van der Waals surface area contributed by atoms with Crippen LogP contribution in [-0.2, 0) is 13.0 Å². The van der Waals surface area contributed by atoms with Crippen molar-refractivity contribution in [3.05, 3.63) is 108 Å². The van der Waals surface area contributed by atoms with Gasteiger partial charge in [0.1, 0.15) is 0 Å². The standard InChI is InChI=1S/C22H18FN/c23-22-20(15-17-9-3-1-4-10-17)19-13-7-8-14-21(19)24(22)16-18-11-5-2-6-12-18/h1-14H,15-16H2. The summed E-state index contributed by atoms with van der Waals surface area (Å²) in [5.74, 6) is -0.135. The van der Waals surface area contributed by atoms with Gasteiger partial charge in [-0.3, -0.25) is 0 Å². The fourth-order valence-electron chi connectivity index (χ4n) is 3.23. The van der Waals surface area contributed by atoms with Crippen molar-refractivity contribution in [3.8, 4) is 0 Å². The summed E-state index contributed by atoms with van der Waals surface area (Å²) in [7, 11) is 0. The van der Waals surface area contributed by atoms with Crippen LogP contribution in [-0.4, -0.2) is 4.57 Å². The molecule has 0 fully saturated rings. The summed E-state index contributed by atoms with van der Waals surface area (Å²) < 4.78 is 17.0. The lowest BCUT2D eigenvalue weighted by Gasteiger charge is -2.06. The molecule has 118 valence electrons. The largest absolute Gasteiger partial charge is 0.313 e. The summed E-state index contributed by atoms with van der Waals surface area (Å²) in [4.78, 5) is 0. The minimum atomic E-state index is -0.135. The van der Waals surface area contributed by atoms with Gasteiger partial charge in [0.2, 0.25) is 0 Å². The van der Waals surface area contributed by atoms with Crippen LogP contribution in [0.1, 0.15) is 16.7 Å². The van der Waals surface area contributed by atoms with E-state index in [4.69, 9.17) is 0 Å². The number of nitrogens with zero attached hydrogens (tertiary/aromatic N) is 1. The SMILES string of the molecule is Fc1c(Cc2ccccc2)c2ccccc2n1Cc1ccccc1. The van der Waals surface area contributed by atoms with Crippen molar-refractivity contribution < 1.29 is 4.39 Å². The van der Waals surface area contributed by atoms with Gasteiger partial charge in [-0.05, 0) is 17.2 Å². The Labute approximate surface area is 141 Å². The zero-order chi connectivity index (χ0) is 16.4. The molecule has 0 amide bonds. The number of para-hydroxylation sites is 1. The number of hydrogen-bond acceptors (Lipinski definition) is 0. The lowest BCUT2D eigenvalue weighted by molar-refractivity contribution is 0.515. The molecule has 0 bridgehead atoms. The Balaban J connectivity index is 1.81. The fourth-order valence-corrected chi connectivity index (χ4v) is 3.23. The number of hydrogen-bond donors (Lipinski definition) is 0. The molecule has 1 nitrogen and oxygen atoms in total. The van der Waals surface area contributed by atoms with Crippen LogP contribution < -0.4 is 0 Å². The molecule has 0 saturated heterocycles. The molecule has 1 heterocycles. The molecule has 0 unspecified atom stereocenters. The molecule has 3 aromatic carbocycles. The summed E-state index contributed by atoms with van der Waals surface area (Å²) in [5.41, 5.74) is 3.94. The Morgan fingerprint density at radius 3 is 1.96 bits per heavy atom. The van der Waals surface area contributed by atoms with Crippen molar-refractivity contribution in [2.24, 2.45) is 0 Å². The third kappa shape index (κ3) is 2.71. The Kier molecular flexibility index (Phi) is 3.87. The highest BCUT2D eigenvalue weighted by atomic mass is 19.1. The molecule has 0 aliphatic carbocycles. The van der Waals surface area contributed by atoms with Gasteiger partial charge < -0.3 is 4.57 Å². The molecule has 0 saturated carbocycles. The molecule has 0 aliphatic heterocycles. The topological polar surface area (TPSA) is 4.93 Å². The van der Waals surface area contributed by atoms with Gasteiger partial charge in [0.05, 0.1) is 12.1 Å². The van der Waals surface area contributed by atoms with E-state index in [9.17, 15) is 0 Å². The van der Waals surface area contributed by atoms with Gasteiger partial charge in [0.15, 0.2) is 5.95 Å². The smallest absolute Gasteiger partial charge is 0.198 e. The average Bonchev–Trinajstić information content (AvgIpc) is 2.90. The lowest BCUT2D eigenvalue weighted by atomic mass is 10.0. The van der Waals surface area contributed by atoms with Crippen LogP contribution >= 0.6 is 0 Å². The molecule has 0 spiro atoms. The molecule has 4 rings (SSSR count). The van der Waals surface area contributed by atoms with E-state index in [2.05, 4.69) is 0 Å². The minimum absolute atomic E-state index is 0.135. The number of rotatable bonds is 4. The summed E-state index contributed by atoms with van der Waals surface area (Å²) in [6.07, 6.45) is 0.606. The van der Waals surface area contributed by atoms with E-state index in [1.54, 1.807) is 4.57 Å². The molecule has 0 aliphatic rings. The highest BCUT2D eigenvalue weighted by Crippen LogP contribution is 2.28. The van der Waals surface area contributed by atoms with Crippen molar-refractivity contribution in [2.75, 3.05) is 0 Å². The van der Waals surface area contributed by atoms with Gasteiger partial charge in [-0.25, -0.2) is 0 Å². The molecule has 0 atom stereocenters. The normalized spacial score (nSPS) is 11.0. The summed E-state index contributed by atoms with van der Waals surface area (Å²) in [5, 5.41) is 0.995. The van der Waals surface area contributed by atoms with E-state index in [1.807, 2.05) is 84.9 Å². The van der Waals surface area contributed by atoms with Crippen molar-refractivity contribution in [2.45, 2.75) is 13.0 Å². The molecular formula is C22H18FN. The van der Waals surface area contributed by atoms with Gasteiger partial charge in [0, 0.05) is 17.4 Å². The first kappa shape index (κ1) is 14.7. The summed E-state index contributed by atoms with van der Waals surface area (Å²) in [6.45, 7) is 0.544. The fraction of sp³-hybridized carbons (Fsp3) is 0.0909. The summed E-state index contributed by atoms with van der Waals surface area (Å²) >= 11 is 0. The zero-order valence-electron chi connectivity index (χ0n) is 13.3. The highest BCUT2D eigenvalue weighted by molar-refractivity contribution is 5.84. The van der Waals surface area contributed by atoms with Gasteiger partial charge >= 0.3 is 0 Å². The van der Waals surface area contributed by atoms with Crippen LogP contribution in [0.5, 0.6) is 0 Å². The van der Waals surface area contributed by atoms with Crippen molar-refractivity contribution in [1.82, 2.24) is 4.57 Å². The van der Waals surface area contributed by atoms with Gasteiger partial charge in [-0.15, -0.1) is 0 Å². The Morgan fingerprint density at radius 2 is 1.25 bits per heavy atom. The number of halogens is 1. The Hall–Kier alpha value is -2.87. The maximum absolute atomic E-state index is 15.2. The van der Waals surface area contributed by atoms with E-state index in [0.29, 0.717) is 13.0 Å². The van der Waals surface area contributed by atoms with Crippen LogP contribution in [0.4, 0.5) is 4.39 Å².